The van der Waals surface area contributed by atoms with Gasteiger partial charge in [-0.2, -0.15) is 0 Å². The van der Waals surface area contributed by atoms with E-state index in [1.165, 1.54) is 0 Å². The Balaban J connectivity index is 1.74. The summed E-state index contributed by atoms with van der Waals surface area (Å²) in [5, 5.41) is 5.91. The molecule has 1 aliphatic carbocycles. The average molecular weight is 288 g/mol. The minimum Gasteiger partial charge on any atom is -0.356 e. The minimum atomic E-state index is -0.661. The quantitative estimate of drug-likeness (QED) is 0.881. The van der Waals surface area contributed by atoms with E-state index >= 15 is 0 Å². The number of nitrogens with one attached hydrogen (secondary N) is 2. The third kappa shape index (κ3) is 3.24. The van der Waals surface area contributed by atoms with Crippen LogP contribution in [0.5, 0.6) is 0 Å². The molecule has 112 valence electrons. The van der Waals surface area contributed by atoms with Gasteiger partial charge in [0.1, 0.15) is 6.61 Å². The molecule has 0 spiro atoms. The normalized spacial score (nSPS) is 26.4. The fourth-order valence-electron chi connectivity index (χ4n) is 3.05. The number of hydrogen-bond donors (Lipinski definition) is 2. The Hall–Kier alpha value is -1.88. The zero-order chi connectivity index (χ0) is 14.7. The molecule has 1 aliphatic heterocycles. The van der Waals surface area contributed by atoms with Crippen LogP contribution >= 0.6 is 0 Å². The Kier molecular flexibility index (Phi) is 4.20. The molecule has 2 aliphatic rings. The topological polar surface area (TPSA) is 67.4 Å². The van der Waals surface area contributed by atoms with E-state index < -0.39 is 12.1 Å². The first-order valence-electron chi connectivity index (χ1n) is 7.50. The lowest BCUT2D eigenvalue weighted by Crippen LogP contribution is -2.53. The van der Waals surface area contributed by atoms with Crippen molar-refractivity contribution in [3.8, 4) is 0 Å². The highest BCUT2D eigenvalue weighted by Gasteiger charge is 2.36. The molecule has 1 aromatic rings. The van der Waals surface area contributed by atoms with Crippen LogP contribution < -0.4 is 10.6 Å². The predicted molar refractivity (Wildman–Crippen MR) is 77.5 cm³/mol. The lowest BCUT2D eigenvalue weighted by atomic mass is 9.99. The molecule has 0 unspecified atom stereocenters. The standard InChI is InChI=1S/C16H20N2O3/c19-13-10-21-15(16(20)17-12-8-4-5-9-12)14(18-13)11-6-2-1-3-7-11/h1-3,6-7,12,14-15H,4-5,8-10H2,(H,17,20)(H,18,19)/t14-,15+/m1/s1. The molecule has 3 rings (SSSR count). The predicted octanol–water partition coefficient (Wildman–Crippen LogP) is 1.30. The summed E-state index contributed by atoms with van der Waals surface area (Å²) in [4.78, 5) is 24.0. The molecule has 2 fully saturated rings. The molecular weight excluding hydrogens is 268 g/mol. The number of carbonyl (C=O) groups is 2. The number of morpholine rings is 1. The fraction of sp³-hybridized carbons (Fsp3) is 0.500. The van der Waals surface area contributed by atoms with E-state index in [2.05, 4.69) is 10.6 Å². The van der Waals surface area contributed by atoms with Crippen molar-refractivity contribution in [2.75, 3.05) is 6.61 Å². The Labute approximate surface area is 124 Å². The van der Waals surface area contributed by atoms with Crippen molar-refractivity contribution in [2.24, 2.45) is 0 Å². The summed E-state index contributed by atoms with van der Waals surface area (Å²) in [6.45, 7) is -0.0634. The maximum atomic E-state index is 12.5. The third-order valence-electron chi connectivity index (χ3n) is 4.13. The summed E-state index contributed by atoms with van der Waals surface area (Å²) in [5.41, 5.74) is 0.886. The molecule has 1 heterocycles. The second kappa shape index (κ2) is 6.26. The molecule has 5 nitrogen and oxygen atoms in total. The molecule has 1 saturated heterocycles. The van der Waals surface area contributed by atoms with E-state index in [1.54, 1.807) is 0 Å². The number of hydrogen-bond acceptors (Lipinski definition) is 3. The van der Waals surface area contributed by atoms with Gasteiger partial charge in [-0.3, -0.25) is 9.59 Å². The minimum absolute atomic E-state index is 0.0634. The number of amides is 2. The van der Waals surface area contributed by atoms with Gasteiger partial charge in [0.2, 0.25) is 5.91 Å². The van der Waals surface area contributed by atoms with Crippen molar-refractivity contribution < 1.29 is 14.3 Å². The van der Waals surface area contributed by atoms with Gasteiger partial charge >= 0.3 is 0 Å². The smallest absolute Gasteiger partial charge is 0.251 e. The van der Waals surface area contributed by atoms with Crippen LogP contribution in [0.3, 0.4) is 0 Å². The van der Waals surface area contributed by atoms with Gasteiger partial charge in [-0.15, -0.1) is 0 Å². The van der Waals surface area contributed by atoms with E-state index in [1.807, 2.05) is 30.3 Å². The van der Waals surface area contributed by atoms with Crippen LogP contribution in [0.15, 0.2) is 30.3 Å². The lowest BCUT2D eigenvalue weighted by Gasteiger charge is -2.32. The highest BCUT2D eigenvalue weighted by Crippen LogP contribution is 2.24. The second-order valence-electron chi connectivity index (χ2n) is 5.68. The van der Waals surface area contributed by atoms with Crippen molar-refractivity contribution >= 4 is 11.8 Å². The Morgan fingerprint density at radius 2 is 1.90 bits per heavy atom. The van der Waals surface area contributed by atoms with Crippen molar-refractivity contribution in [2.45, 2.75) is 43.9 Å². The first-order chi connectivity index (χ1) is 10.2. The molecule has 2 N–H and O–H groups in total. The van der Waals surface area contributed by atoms with Crippen LogP contribution in [-0.4, -0.2) is 30.6 Å². The van der Waals surface area contributed by atoms with Crippen molar-refractivity contribution in [3.63, 3.8) is 0 Å². The van der Waals surface area contributed by atoms with E-state index in [0.29, 0.717) is 0 Å². The van der Waals surface area contributed by atoms with Crippen LogP contribution in [0, 0.1) is 0 Å². The molecule has 0 bridgehead atoms. The summed E-state index contributed by atoms with van der Waals surface area (Å²) in [6.07, 6.45) is 3.72. The molecule has 5 heteroatoms. The maximum Gasteiger partial charge on any atom is 0.251 e. The highest BCUT2D eigenvalue weighted by atomic mass is 16.5. The van der Waals surface area contributed by atoms with Gasteiger partial charge < -0.3 is 15.4 Å². The van der Waals surface area contributed by atoms with Crippen LogP contribution in [0.25, 0.3) is 0 Å². The van der Waals surface area contributed by atoms with Crippen molar-refractivity contribution in [1.82, 2.24) is 10.6 Å². The second-order valence-corrected chi connectivity index (χ2v) is 5.68. The van der Waals surface area contributed by atoms with Crippen LogP contribution in [0.2, 0.25) is 0 Å². The van der Waals surface area contributed by atoms with Crippen LogP contribution in [-0.2, 0) is 14.3 Å². The summed E-state index contributed by atoms with van der Waals surface area (Å²) in [5.74, 6) is -0.315. The monoisotopic (exact) mass is 288 g/mol. The van der Waals surface area contributed by atoms with Crippen molar-refractivity contribution in [1.29, 1.82) is 0 Å². The number of rotatable bonds is 3. The summed E-state index contributed by atoms with van der Waals surface area (Å²) in [7, 11) is 0. The zero-order valence-electron chi connectivity index (χ0n) is 11.9. The van der Waals surface area contributed by atoms with E-state index in [-0.39, 0.29) is 24.5 Å². The van der Waals surface area contributed by atoms with E-state index in [9.17, 15) is 9.59 Å². The number of ether oxygens (including phenoxy) is 1. The third-order valence-corrected chi connectivity index (χ3v) is 4.13. The van der Waals surface area contributed by atoms with Gasteiger partial charge in [-0.25, -0.2) is 0 Å². The SMILES string of the molecule is O=C1CO[C@H](C(=O)NC2CCCC2)[C@@H](c2ccccc2)N1. The Morgan fingerprint density at radius 3 is 2.62 bits per heavy atom. The Bertz CT molecular complexity index is 512. The summed E-state index contributed by atoms with van der Waals surface area (Å²) >= 11 is 0. The van der Waals surface area contributed by atoms with E-state index in [0.717, 1.165) is 31.2 Å². The average Bonchev–Trinajstić information content (AvgIpc) is 3.01. The molecule has 0 aromatic heterocycles. The van der Waals surface area contributed by atoms with Crippen LogP contribution in [0.4, 0.5) is 0 Å². The first-order valence-corrected chi connectivity index (χ1v) is 7.50. The highest BCUT2D eigenvalue weighted by molar-refractivity contribution is 5.86. The molecule has 2 amide bonds. The van der Waals surface area contributed by atoms with Gasteiger partial charge in [-0.05, 0) is 18.4 Å². The molecule has 21 heavy (non-hydrogen) atoms. The lowest BCUT2D eigenvalue weighted by molar-refractivity contribution is -0.148. The van der Waals surface area contributed by atoms with Gasteiger partial charge in [0.15, 0.2) is 6.10 Å². The first kappa shape index (κ1) is 14.1. The van der Waals surface area contributed by atoms with Gasteiger partial charge in [-0.1, -0.05) is 43.2 Å². The molecule has 2 atom stereocenters. The summed E-state index contributed by atoms with van der Waals surface area (Å²) < 4.78 is 5.51. The van der Waals surface area contributed by atoms with Gasteiger partial charge in [0, 0.05) is 6.04 Å². The molecular formula is C16H20N2O3. The van der Waals surface area contributed by atoms with Gasteiger partial charge in [0.25, 0.3) is 5.91 Å². The largest absolute Gasteiger partial charge is 0.356 e. The maximum absolute atomic E-state index is 12.5. The number of benzene rings is 1. The van der Waals surface area contributed by atoms with Gasteiger partial charge in [0.05, 0.1) is 6.04 Å². The Morgan fingerprint density at radius 1 is 1.19 bits per heavy atom. The molecule has 1 saturated carbocycles. The molecule has 1 aromatic carbocycles. The zero-order valence-corrected chi connectivity index (χ0v) is 11.9. The van der Waals surface area contributed by atoms with Crippen LogP contribution in [0.1, 0.15) is 37.3 Å². The van der Waals surface area contributed by atoms with E-state index in [4.69, 9.17) is 4.74 Å². The fourth-order valence-corrected chi connectivity index (χ4v) is 3.05. The number of carbonyl (C=O) groups excluding carboxylic acids is 2. The summed E-state index contributed by atoms with van der Waals surface area (Å²) in [6, 6.07) is 9.31. The molecule has 0 radical (unpaired) electrons. The van der Waals surface area contributed by atoms with Crippen molar-refractivity contribution in [3.05, 3.63) is 35.9 Å².